The normalized spacial score (nSPS) is 9.13. The van der Waals surface area contributed by atoms with Crippen LogP contribution >= 0.6 is 43.0 Å². The fourth-order valence-electron chi connectivity index (χ4n) is 3.21. The number of carbonyl (C=O) groups excluding carboxylic acids is 1. The number of furan rings is 1. The molecule has 14 heteroatoms. The zero-order chi connectivity index (χ0) is 25.5. The van der Waals surface area contributed by atoms with Gasteiger partial charge in [0.15, 0.2) is 5.58 Å². The average Bonchev–Trinajstić information content (AvgIpc) is 3.21. The molecule has 0 amide bonds. The molecule has 0 radical (unpaired) electrons. The van der Waals surface area contributed by atoms with Gasteiger partial charge in [-0.3, -0.25) is 4.79 Å². The van der Waals surface area contributed by atoms with Crippen LogP contribution in [0.4, 0.5) is 4.39 Å². The van der Waals surface area contributed by atoms with Crippen LogP contribution in [0.25, 0.3) is 33.1 Å². The third kappa shape index (κ3) is 11.1. The second kappa shape index (κ2) is 20.1. The Kier molecular flexibility index (Phi) is 21.3. The molecule has 7 nitrogen and oxygen atoms in total. The Hall–Kier alpha value is 0.153. The molecule has 0 unspecified atom stereocenters. The van der Waals surface area contributed by atoms with E-state index in [2.05, 4.69) is 4.89 Å². The number of aromatic hydroxyl groups is 3. The van der Waals surface area contributed by atoms with Crippen LogP contribution in [-0.4, -0.2) is 21.8 Å². The van der Waals surface area contributed by atoms with Gasteiger partial charge in [-0.25, -0.2) is 4.39 Å². The summed E-state index contributed by atoms with van der Waals surface area (Å²) in [5, 5.41) is 39.0. The topological polar surface area (TPSA) is 123 Å². The molecule has 0 saturated carbocycles. The minimum atomic E-state index is -0.592. The summed E-state index contributed by atoms with van der Waals surface area (Å²) in [7, 11) is 0. The summed E-state index contributed by atoms with van der Waals surface area (Å²) in [6.07, 6.45) is 0. The molecular weight excluding hydrogens is 642 g/mol. The molecule has 0 fully saturated rings. The van der Waals surface area contributed by atoms with Gasteiger partial charge in [0.2, 0.25) is 0 Å². The predicted octanol–water partition coefficient (Wildman–Crippen LogP) is 0.977. The van der Waals surface area contributed by atoms with Gasteiger partial charge in [0.25, 0.3) is 6.47 Å². The van der Waals surface area contributed by atoms with Crippen LogP contribution in [0.2, 0.25) is 10.0 Å². The maximum Gasteiger partial charge on any atom is 1.00 e. The Morgan fingerprint density at radius 2 is 1.41 bits per heavy atom. The summed E-state index contributed by atoms with van der Waals surface area (Å²) >= 11 is 11.7. The van der Waals surface area contributed by atoms with E-state index in [9.17, 15) is 14.6 Å². The molecule has 198 valence electrons. The first-order valence-corrected chi connectivity index (χ1v) is 10.5. The van der Waals surface area contributed by atoms with Crippen molar-refractivity contribution in [3.8, 4) is 28.4 Å². The number of carbonyl (C=O) groups is 1. The minimum Gasteiger partial charge on any atom is -1.51 e. The van der Waals surface area contributed by atoms with E-state index in [0.717, 1.165) is 16.8 Å². The zero-order valence-electron chi connectivity index (χ0n) is 21.7. The number of halogens is 3. The second-order valence-corrected chi connectivity index (χ2v) is 7.71. The maximum absolute atomic E-state index is 13.7. The van der Waals surface area contributed by atoms with E-state index in [1.807, 2.05) is 18.2 Å². The van der Waals surface area contributed by atoms with Crippen LogP contribution in [-0.2, 0) is 9.68 Å². The molecule has 0 spiro atoms. The number of fused-ring (bicyclic) bond motifs is 3. The van der Waals surface area contributed by atoms with Crippen LogP contribution in [0.3, 0.4) is 0 Å². The number of hydrogen-bond donors (Lipinski definition) is 3. The Balaban J connectivity index is -0.000000545. The third-order valence-electron chi connectivity index (χ3n) is 4.70. The monoisotopic (exact) mass is 661 g/mol. The zero-order valence-corrected chi connectivity index (χ0v) is 30.6. The van der Waals surface area contributed by atoms with E-state index in [0.29, 0.717) is 16.2 Å². The van der Waals surface area contributed by atoms with E-state index < -0.39 is 5.82 Å². The van der Waals surface area contributed by atoms with Gasteiger partial charge in [0, 0.05) is 34.0 Å². The van der Waals surface area contributed by atoms with Crippen molar-refractivity contribution in [3.63, 3.8) is 0 Å². The number of phenols is 3. The third-order valence-corrected chi connectivity index (χ3v) is 5.29. The van der Waals surface area contributed by atoms with Crippen molar-refractivity contribution in [1.29, 1.82) is 0 Å². The van der Waals surface area contributed by atoms with Crippen molar-refractivity contribution in [2.75, 3.05) is 0 Å². The van der Waals surface area contributed by atoms with Crippen LogP contribution in [0, 0.1) is 5.82 Å². The first kappa shape index (κ1) is 41.3. The molecule has 3 N–H and O–H groups in total. The Bertz CT molecular complexity index is 1510. The molecule has 0 aliphatic carbocycles. The van der Waals surface area contributed by atoms with E-state index in [4.69, 9.17) is 42.8 Å². The average molecular weight is 662 g/mol. The molecule has 1 heterocycles. The Morgan fingerprint density at radius 1 is 0.846 bits per heavy atom. The van der Waals surface area contributed by atoms with Crippen molar-refractivity contribution in [2.24, 2.45) is 0 Å². The molecular formula is C25H20Cl2FK2O7P2-3. The summed E-state index contributed by atoms with van der Waals surface area (Å²) in [5.41, 5.74) is 1.81. The van der Waals surface area contributed by atoms with Crippen molar-refractivity contribution < 1.29 is 143 Å². The Morgan fingerprint density at radius 3 is 2.03 bits per heavy atom. The number of phenolic OH excluding ortho intramolecular Hbond substituents is 3. The van der Waals surface area contributed by atoms with Gasteiger partial charge in [-0.2, -0.15) is 0 Å². The van der Waals surface area contributed by atoms with Gasteiger partial charge in [0.1, 0.15) is 28.6 Å². The van der Waals surface area contributed by atoms with Crippen molar-refractivity contribution in [3.05, 3.63) is 88.7 Å². The molecule has 5 aromatic rings. The summed E-state index contributed by atoms with van der Waals surface area (Å²) in [6.45, 7) is -0.181. The van der Waals surface area contributed by atoms with Crippen molar-refractivity contribution in [2.45, 2.75) is 0 Å². The van der Waals surface area contributed by atoms with Crippen LogP contribution < -0.4 is 108 Å². The van der Waals surface area contributed by atoms with Gasteiger partial charge >= 0.3 is 103 Å². The van der Waals surface area contributed by atoms with Crippen LogP contribution in [0.1, 0.15) is 1.43 Å². The maximum atomic E-state index is 13.7. The van der Waals surface area contributed by atoms with Crippen LogP contribution in [0.15, 0.2) is 77.2 Å². The molecule has 39 heavy (non-hydrogen) atoms. The summed E-state index contributed by atoms with van der Waals surface area (Å²) < 4.78 is 19.2. The van der Waals surface area contributed by atoms with E-state index >= 15 is 0 Å². The summed E-state index contributed by atoms with van der Waals surface area (Å²) in [5.74, 6) is -0.673. The van der Waals surface area contributed by atoms with Crippen molar-refractivity contribution in [1.82, 2.24) is 0 Å². The molecule has 0 bridgehead atoms. The van der Waals surface area contributed by atoms with E-state index in [-0.39, 0.29) is 164 Å². The number of benzene rings is 4. The first-order chi connectivity index (χ1) is 16.8. The van der Waals surface area contributed by atoms with Gasteiger partial charge in [-0.15, -0.1) is 0 Å². The molecule has 0 aliphatic heterocycles. The SMILES string of the molecule is O=CO[O-].Oc1ccc(-c2cccc(Cl)c2F)c(O)c1.Oc1ccc2c(c1)oc1c(Cl)cccc12.[H-].[K+].[K+].[PH-2].[PH2-]. The molecule has 0 saturated heterocycles. The van der Waals surface area contributed by atoms with E-state index in [1.165, 1.54) is 24.3 Å². The minimum absolute atomic E-state index is 0. The van der Waals surface area contributed by atoms with Gasteiger partial charge in [-0.05, 0) is 36.4 Å². The predicted molar refractivity (Wildman–Crippen MR) is 147 cm³/mol. The largest absolute Gasteiger partial charge is 1.51 e. The molecule has 0 aliphatic rings. The van der Waals surface area contributed by atoms with Crippen LogP contribution in [0.5, 0.6) is 17.2 Å². The summed E-state index contributed by atoms with van der Waals surface area (Å²) in [4.78, 5) is 11.2. The number of para-hydroxylation sites is 1. The van der Waals surface area contributed by atoms with Gasteiger partial charge in [0.05, 0.1) is 10.0 Å². The number of hydrogen-bond acceptors (Lipinski definition) is 7. The smallest absolute Gasteiger partial charge is 1.00 e. The molecule has 5 rings (SSSR count). The summed E-state index contributed by atoms with van der Waals surface area (Å²) in [6, 6.07) is 19.1. The van der Waals surface area contributed by atoms with Gasteiger partial charge < -0.3 is 51.1 Å². The van der Waals surface area contributed by atoms with Crippen molar-refractivity contribution >= 4 is 71.4 Å². The standard InChI is InChI=1S/C12H8ClFO2.C12H7ClO2.CH2O3.2K.H2P.HP.H/c13-10-3-1-2-9(12(10)14)8-5-4-7(15)6-11(8)16;13-10-3-1-2-9-8-5-4-7(14)6-11(8)15-12(9)10;2-1-4-3;;;;;/h1-6,15-16H;1-6,14H;1,3H;;;1H2;1H;/q;;;2*+1;-1;-2;-1/p-1. The molecule has 0 atom stereocenters. The Labute approximate surface area is 326 Å². The fourth-order valence-corrected chi connectivity index (χ4v) is 3.60. The molecule has 4 aromatic carbocycles. The molecule has 1 aromatic heterocycles. The second-order valence-electron chi connectivity index (χ2n) is 6.89. The van der Waals surface area contributed by atoms with Gasteiger partial charge in [-0.1, -0.05) is 47.5 Å². The van der Waals surface area contributed by atoms with E-state index in [1.54, 1.807) is 24.3 Å². The number of rotatable bonds is 2. The fraction of sp³-hybridized carbons (Fsp3) is 0. The first-order valence-electron chi connectivity index (χ1n) is 9.75. The quantitative estimate of drug-likeness (QED) is 0.0848.